The molecule has 3 nitrogen and oxygen atoms in total. The molecule has 0 unspecified atom stereocenters. The Morgan fingerprint density at radius 2 is 2.05 bits per heavy atom. The molecule has 0 saturated carbocycles. The maximum absolute atomic E-state index is 12.7. The Balaban J connectivity index is 2.62. The number of aryl methyl sites for hydroxylation is 1. The first kappa shape index (κ1) is 13.5. The van der Waals surface area contributed by atoms with Gasteiger partial charge < -0.3 is 9.67 Å². The standard InChI is InChI=1S/C13H12F3NO2/c1-2-17-7-8(5-12(18)19)10-4-3-9(6-11(10)17)13(14,15)16/h3-4,6-7H,2,5H2,1H3,(H,18,19). The fourth-order valence-corrected chi connectivity index (χ4v) is 2.11. The van der Waals surface area contributed by atoms with Gasteiger partial charge in [0.15, 0.2) is 0 Å². The lowest BCUT2D eigenvalue weighted by Crippen LogP contribution is -2.05. The summed E-state index contributed by atoms with van der Waals surface area (Å²) in [5.41, 5.74) is 0.210. The molecule has 0 spiro atoms. The van der Waals surface area contributed by atoms with Gasteiger partial charge in [-0.15, -0.1) is 0 Å². The molecule has 1 aromatic carbocycles. The Morgan fingerprint density at radius 1 is 1.37 bits per heavy atom. The van der Waals surface area contributed by atoms with E-state index in [4.69, 9.17) is 5.11 Å². The van der Waals surface area contributed by atoms with E-state index in [9.17, 15) is 18.0 Å². The molecule has 0 aliphatic carbocycles. The zero-order chi connectivity index (χ0) is 14.2. The van der Waals surface area contributed by atoms with E-state index >= 15 is 0 Å². The monoisotopic (exact) mass is 271 g/mol. The zero-order valence-electron chi connectivity index (χ0n) is 10.2. The molecule has 6 heteroatoms. The Hall–Kier alpha value is -1.98. The van der Waals surface area contributed by atoms with Crippen LogP contribution >= 0.6 is 0 Å². The van der Waals surface area contributed by atoms with Gasteiger partial charge in [0.2, 0.25) is 0 Å². The molecule has 0 bridgehead atoms. The summed E-state index contributed by atoms with van der Waals surface area (Å²) in [6.45, 7) is 2.28. The van der Waals surface area contributed by atoms with Gasteiger partial charge in [-0.05, 0) is 24.6 Å². The number of halogens is 3. The summed E-state index contributed by atoms with van der Waals surface area (Å²) in [6, 6.07) is 3.38. The van der Waals surface area contributed by atoms with E-state index in [0.717, 1.165) is 12.1 Å². The lowest BCUT2D eigenvalue weighted by atomic mass is 10.1. The minimum atomic E-state index is -4.40. The molecule has 0 fully saturated rings. The maximum Gasteiger partial charge on any atom is 0.416 e. The lowest BCUT2D eigenvalue weighted by molar-refractivity contribution is -0.138. The van der Waals surface area contributed by atoms with Crippen LogP contribution in [0.2, 0.25) is 0 Å². The van der Waals surface area contributed by atoms with Crippen LogP contribution in [0.25, 0.3) is 10.9 Å². The summed E-state index contributed by atoms with van der Waals surface area (Å²) in [7, 11) is 0. The number of fused-ring (bicyclic) bond motifs is 1. The molecular weight excluding hydrogens is 259 g/mol. The number of carboxylic acids is 1. The topological polar surface area (TPSA) is 42.2 Å². The fraction of sp³-hybridized carbons (Fsp3) is 0.308. The number of alkyl halides is 3. The van der Waals surface area contributed by atoms with Crippen molar-refractivity contribution in [1.29, 1.82) is 0 Å². The van der Waals surface area contributed by atoms with E-state index in [1.807, 2.05) is 0 Å². The normalized spacial score (nSPS) is 12.0. The summed E-state index contributed by atoms with van der Waals surface area (Å²) in [6.07, 6.45) is -3.00. The third kappa shape index (κ3) is 2.57. The van der Waals surface area contributed by atoms with Gasteiger partial charge in [0, 0.05) is 23.6 Å². The fourth-order valence-electron chi connectivity index (χ4n) is 2.11. The minimum Gasteiger partial charge on any atom is -0.481 e. The van der Waals surface area contributed by atoms with Crippen molar-refractivity contribution in [1.82, 2.24) is 4.57 Å². The van der Waals surface area contributed by atoms with Crippen LogP contribution in [0.4, 0.5) is 13.2 Å². The molecule has 0 aliphatic heterocycles. The zero-order valence-corrected chi connectivity index (χ0v) is 10.2. The van der Waals surface area contributed by atoms with E-state index in [-0.39, 0.29) is 6.42 Å². The van der Waals surface area contributed by atoms with E-state index < -0.39 is 17.7 Å². The van der Waals surface area contributed by atoms with E-state index in [1.165, 1.54) is 6.07 Å². The van der Waals surface area contributed by atoms with Crippen LogP contribution in [-0.2, 0) is 23.9 Å². The molecule has 0 aliphatic rings. The molecule has 1 aromatic heterocycles. The number of carboxylic acid groups (broad SMARTS) is 1. The van der Waals surface area contributed by atoms with E-state index in [2.05, 4.69) is 0 Å². The molecular formula is C13H12F3NO2. The van der Waals surface area contributed by atoms with Gasteiger partial charge in [0.1, 0.15) is 0 Å². The van der Waals surface area contributed by atoms with Crippen molar-refractivity contribution in [3.8, 4) is 0 Å². The van der Waals surface area contributed by atoms with E-state index in [0.29, 0.717) is 23.0 Å². The molecule has 0 radical (unpaired) electrons. The third-order valence-corrected chi connectivity index (χ3v) is 2.97. The molecule has 0 saturated heterocycles. The van der Waals surface area contributed by atoms with Crippen molar-refractivity contribution in [3.63, 3.8) is 0 Å². The first-order valence-corrected chi connectivity index (χ1v) is 5.73. The van der Waals surface area contributed by atoms with Crippen molar-refractivity contribution in [2.24, 2.45) is 0 Å². The van der Waals surface area contributed by atoms with Crippen LogP contribution in [-0.4, -0.2) is 15.6 Å². The first-order chi connectivity index (χ1) is 8.82. The van der Waals surface area contributed by atoms with Crippen molar-refractivity contribution in [3.05, 3.63) is 35.5 Å². The molecule has 1 heterocycles. The summed E-state index contributed by atoms with van der Waals surface area (Å²) in [4.78, 5) is 10.7. The van der Waals surface area contributed by atoms with Crippen molar-refractivity contribution in [2.45, 2.75) is 26.1 Å². The van der Waals surface area contributed by atoms with E-state index in [1.54, 1.807) is 17.7 Å². The van der Waals surface area contributed by atoms with Gasteiger partial charge in [0.25, 0.3) is 0 Å². The molecule has 19 heavy (non-hydrogen) atoms. The second kappa shape index (κ2) is 4.60. The predicted octanol–water partition coefficient (Wildman–Crippen LogP) is 3.31. The van der Waals surface area contributed by atoms with Crippen LogP contribution in [0.3, 0.4) is 0 Å². The highest BCUT2D eigenvalue weighted by Gasteiger charge is 2.31. The third-order valence-electron chi connectivity index (χ3n) is 2.97. The largest absolute Gasteiger partial charge is 0.481 e. The Labute approximate surface area is 107 Å². The Kier molecular flexibility index (Phi) is 3.26. The number of nitrogens with zero attached hydrogens (tertiary/aromatic N) is 1. The van der Waals surface area contributed by atoms with Crippen molar-refractivity contribution < 1.29 is 23.1 Å². The summed E-state index contributed by atoms with van der Waals surface area (Å²) in [5.74, 6) is -1.00. The van der Waals surface area contributed by atoms with Gasteiger partial charge in [-0.2, -0.15) is 13.2 Å². The highest BCUT2D eigenvalue weighted by Crippen LogP contribution is 2.33. The average Bonchev–Trinajstić information content (AvgIpc) is 2.65. The number of hydrogen-bond acceptors (Lipinski definition) is 1. The average molecular weight is 271 g/mol. The highest BCUT2D eigenvalue weighted by atomic mass is 19.4. The van der Waals surface area contributed by atoms with Gasteiger partial charge in [-0.1, -0.05) is 6.07 Å². The van der Waals surface area contributed by atoms with Crippen LogP contribution in [0.1, 0.15) is 18.1 Å². The van der Waals surface area contributed by atoms with Crippen LogP contribution in [0, 0.1) is 0 Å². The molecule has 2 rings (SSSR count). The quantitative estimate of drug-likeness (QED) is 0.930. The predicted molar refractivity (Wildman–Crippen MR) is 64.0 cm³/mol. The molecule has 0 atom stereocenters. The smallest absolute Gasteiger partial charge is 0.416 e. The van der Waals surface area contributed by atoms with Crippen molar-refractivity contribution >= 4 is 16.9 Å². The van der Waals surface area contributed by atoms with Gasteiger partial charge in [-0.25, -0.2) is 0 Å². The molecule has 0 amide bonds. The highest BCUT2D eigenvalue weighted by molar-refractivity contribution is 5.88. The number of hydrogen-bond donors (Lipinski definition) is 1. The molecule has 1 N–H and O–H groups in total. The number of rotatable bonds is 3. The van der Waals surface area contributed by atoms with Crippen LogP contribution in [0.5, 0.6) is 0 Å². The van der Waals surface area contributed by atoms with Gasteiger partial charge in [-0.3, -0.25) is 4.79 Å². The van der Waals surface area contributed by atoms with Crippen LogP contribution < -0.4 is 0 Å². The minimum absolute atomic E-state index is 0.200. The van der Waals surface area contributed by atoms with Crippen LogP contribution in [0.15, 0.2) is 24.4 Å². The number of aliphatic carboxylic acids is 1. The SMILES string of the molecule is CCn1cc(CC(=O)O)c2ccc(C(F)(F)F)cc21. The summed E-state index contributed by atoms with van der Waals surface area (Å²) >= 11 is 0. The Bertz CT molecular complexity index is 629. The molecule has 102 valence electrons. The van der Waals surface area contributed by atoms with Gasteiger partial charge >= 0.3 is 12.1 Å². The van der Waals surface area contributed by atoms with Crippen molar-refractivity contribution in [2.75, 3.05) is 0 Å². The summed E-state index contributed by atoms with van der Waals surface area (Å²) < 4.78 is 39.6. The molecule has 2 aromatic rings. The maximum atomic E-state index is 12.7. The Morgan fingerprint density at radius 3 is 2.58 bits per heavy atom. The van der Waals surface area contributed by atoms with Gasteiger partial charge in [0.05, 0.1) is 12.0 Å². The second-order valence-corrected chi connectivity index (χ2v) is 4.24. The second-order valence-electron chi connectivity index (χ2n) is 4.24. The summed E-state index contributed by atoms with van der Waals surface area (Å²) in [5, 5.41) is 9.36. The lowest BCUT2D eigenvalue weighted by Gasteiger charge is -2.08. The first-order valence-electron chi connectivity index (χ1n) is 5.73. The number of carbonyl (C=O) groups is 1. The number of benzene rings is 1. The number of aromatic nitrogens is 1.